The fourth-order valence-corrected chi connectivity index (χ4v) is 4.54. The van der Waals surface area contributed by atoms with Crippen molar-refractivity contribution in [2.24, 2.45) is 4.99 Å². The summed E-state index contributed by atoms with van der Waals surface area (Å²) < 4.78 is 26.8. The Hall–Kier alpha value is -1.65. The molecule has 2 rings (SSSR count). The van der Waals surface area contributed by atoms with Crippen LogP contribution in [-0.4, -0.2) is 51.0 Å². The van der Waals surface area contributed by atoms with Crippen molar-refractivity contribution in [3.05, 3.63) is 51.2 Å². The third-order valence-corrected chi connectivity index (χ3v) is 7.12. The number of halogens is 1. The van der Waals surface area contributed by atoms with Crippen molar-refractivity contribution in [1.29, 1.82) is 0 Å². The number of thiophene rings is 1. The minimum absolute atomic E-state index is 0.180. The van der Waals surface area contributed by atoms with E-state index in [1.807, 2.05) is 6.92 Å². The predicted molar refractivity (Wildman–Crippen MR) is 114 cm³/mol. The number of rotatable bonds is 8. The largest absolute Gasteiger partial charge is 0.386 e. The molecule has 0 amide bonds. The van der Waals surface area contributed by atoms with Crippen LogP contribution in [0, 0.1) is 0 Å². The van der Waals surface area contributed by atoms with Gasteiger partial charge in [0.15, 0.2) is 5.96 Å². The van der Waals surface area contributed by atoms with Crippen LogP contribution in [0.15, 0.2) is 46.3 Å². The van der Waals surface area contributed by atoms with Gasteiger partial charge < -0.3 is 15.7 Å². The second-order valence-corrected chi connectivity index (χ2v) is 10.00. The van der Waals surface area contributed by atoms with Gasteiger partial charge in [-0.15, -0.1) is 11.3 Å². The molecule has 1 atom stereocenters. The molecule has 3 N–H and O–H groups in total. The number of aliphatic hydroxyl groups excluding tert-OH is 1. The summed E-state index contributed by atoms with van der Waals surface area (Å²) in [5.74, 6) is 0.487. The van der Waals surface area contributed by atoms with E-state index in [-0.39, 0.29) is 18.0 Å². The lowest BCUT2D eigenvalue weighted by molar-refractivity contribution is 0.184. The molecule has 1 heterocycles. The zero-order chi connectivity index (χ0) is 20.7. The SMILES string of the molecule is CCNC(=NCc1ccccc1S(=O)(=O)N(C)C)NCC(O)c1ccc(Cl)s1. The second-order valence-electron chi connectivity index (χ2n) is 6.13. The number of guanidine groups is 1. The first-order chi connectivity index (χ1) is 13.3. The number of nitrogens with one attached hydrogen (secondary N) is 2. The number of sulfonamides is 1. The summed E-state index contributed by atoms with van der Waals surface area (Å²) in [6.07, 6.45) is -0.720. The van der Waals surface area contributed by atoms with Crippen molar-refractivity contribution in [3.63, 3.8) is 0 Å². The van der Waals surface area contributed by atoms with Crippen LogP contribution in [-0.2, 0) is 16.6 Å². The first kappa shape index (κ1) is 22.6. The zero-order valence-corrected chi connectivity index (χ0v) is 18.4. The first-order valence-electron chi connectivity index (χ1n) is 8.71. The Labute approximate surface area is 175 Å². The molecule has 2 aromatic rings. The van der Waals surface area contributed by atoms with Gasteiger partial charge in [0.25, 0.3) is 0 Å². The number of nitrogens with zero attached hydrogens (tertiary/aromatic N) is 2. The van der Waals surface area contributed by atoms with Gasteiger partial charge in [-0.2, -0.15) is 0 Å². The smallest absolute Gasteiger partial charge is 0.242 e. The van der Waals surface area contributed by atoms with Crippen LogP contribution in [0.25, 0.3) is 0 Å². The summed E-state index contributed by atoms with van der Waals surface area (Å²) in [4.78, 5) is 5.46. The van der Waals surface area contributed by atoms with Gasteiger partial charge in [0.2, 0.25) is 10.0 Å². The first-order valence-corrected chi connectivity index (χ1v) is 11.3. The summed E-state index contributed by atoms with van der Waals surface area (Å²) >= 11 is 7.23. The molecule has 1 aromatic carbocycles. The lowest BCUT2D eigenvalue weighted by Gasteiger charge is -2.16. The number of hydrogen-bond donors (Lipinski definition) is 3. The van der Waals surface area contributed by atoms with Crippen molar-refractivity contribution in [1.82, 2.24) is 14.9 Å². The maximum absolute atomic E-state index is 12.5. The van der Waals surface area contributed by atoms with Gasteiger partial charge in [-0.25, -0.2) is 17.7 Å². The molecular weight excluding hydrogens is 420 g/mol. The molecule has 0 aliphatic heterocycles. The Morgan fingerprint density at radius 1 is 1.25 bits per heavy atom. The Balaban J connectivity index is 2.13. The average Bonchev–Trinajstić information content (AvgIpc) is 3.10. The summed E-state index contributed by atoms with van der Waals surface area (Å²) in [6, 6.07) is 10.3. The maximum atomic E-state index is 12.5. The lowest BCUT2D eigenvalue weighted by Crippen LogP contribution is -2.39. The van der Waals surface area contributed by atoms with E-state index >= 15 is 0 Å². The highest BCUT2D eigenvalue weighted by Gasteiger charge is 2.20. The highest BCUT2D eigenvalue weighted by molar-refractivity contribution is 7.89. The van der Waals surface area contributed by atoms with Gasteiger partial charge in [0.05, 0.1) is 15.8 Å². The van der Waals surface area contributed by atoms with Crippen molar-refractivity contribution in [2.45, 2.75) is 24.5 Å². The van der Waals surface area contributed by atoms with Gasteiger partial charge in [0, 0.05) is 32.1 Å². The highest BCUT2D eigenvalue weighted by atomic mass is 35.5. The third-order valence-electron chi connectivity index (χ3n) is 3.87. The van der Waals surface area contributed by atoms with Crippen LogP contribution in [0.5, 0.6) is 0 Å². The van der Waals surface area contributed by atoms with E-state index in [1.54, 1.807) is 36.4 Å². The van der Waals surface area contributed by atoms with E-state index in [4.69, 9.17) is 11.6 Å². The van der Waals surface area contributed by atoms with E-state index in [0.717, 1.165) is 4.88 Å². The number of aliphatic imine (C=N–C) groups is 1. The van der Waals surface area contributed by atoms with Crippen LogP contribution in [0.1, 0.15) is 23.5 Å². The van der Waals surface area contributed by atoms with E-state index < -0.39 is 16.1 Å². The van der Waals surface area contributed by atoms with E-state index in [2.05, 4.69) is 15.6 Å². The van der Waals surface area contributed by atoms with E-state index in [9.17, 15) is 13.5 Å². The van der Waals surface area contributed by atoms with Gasteiger partial charge in [-0.3, -0.25) is 0 Å². The molecule has 0 radical (unpaired) electrons. The Bertz CT molecular complexity index is 913. The monoisotopic (exact) mass is 444 g/mol. The summed E-state index contributed by atoms with van der Waals surface area (Å²) in [7, 11) is -0.557. The number of aliphatic hydroxyl groups is 1. The Morgan fingerprint density at radius 2 is 1.96 bits per heavy atom. The number of hydrogen-bond acceptors (Lipinski definition) is 5. The predicted octanol–water partition coefficient (Wildman–Crippen LogP) is 2.44. The summed E-state index contributed by atoms with van der Waals surface area (Å²) in [5, 5.41) is 16.4. The van der Waals surface area contributed by atoms with Gasteiger partial charge >= 0.3 is 0 Å². The van der Waals surface area contributed by atoms with Crippen molar-refractivity contribution in [2.75, 3.05) is 27.2 Å². The van der Waals surface area contributed by atoms with Gasteiger partial charge in [-0.05, 0) is 30.7 Å². The van der Waals surface area contributed by atoms with E-state index in [0.29, 0.717) is 22.4 Å². The molecule has 0 saturated heterocycles. The van der Waals surface area contributed by atoms with Crippen LogP contribution >= 0.6 is 22.9 Å². The molecule has 28 heavy (non-hydrogen) atoms. The maximum Gasteiger partial charge on any atom is 0.242 e. The Morgan fingerprint density at radius 3 is 2.57 bits per heavy atom. The number of benzene rings is 1. The van der Waals surface area contributed by atoms with Crippen molar-refractivity contribution < 1.29 is 13.5 Å². The van der Waals surface area contributed by atoms with Crippen LogP contribution in [0.4, 0.5) is 0 Å². The summed E-state index contributed by atoms with van der Waals surface area (Å²) in [5.41, 5.74) is 0.596. The molecule has 154 valence electrons. The third kappa shape index (κ3) is 5.92. The molecule has 0 spiro atoms. The van der Waals surface area contributed by atoms with Crippen LogP contribution in [0.2, 0.25) is 4.34 Å². The molecule has 0 aliphatic carbocycles. The molecule has 0 fully saturated rings. The topological polar surface area (TPSA) is 94.0 Å². The molecule has 0 saturated carbocycles. The normalized spacial score (nSPS) is 13.6. The Kier molecular flexibility index (Phi) is 8.26. The molecule has 7 nitrogen and oxygen atoms in total. The van der Waals surface area contributed by atoms with Gasteiger partial charge in [0.1, 0.15) is 6.10 Å². The van der Waals surface area contributed by atoms with E-state index in [1.165, 1.54) is 29.7 Å². The molecule has 0 bridgehead atoms. The van der Waals surface area contributed by atoms with Crippen molar-refractivity contribution >= 4 is 38.9 Å². The molecule has 0 aliphatic rings. The molecule has 10 heteroatoms. The van der Waals surface area contributed by atoms with Gasteiger partial charge in [-0.1, -0.05) is 29.8 Å². The van der Waals surface area contributed by atoms with Crippen LogP contribution < -0.4 is 10.6 Å². The minimum Gasteiger partial charge on any atom is -0.386 e. The standard InChI is InChI=1S/C18H25ClN4O3S2/c1-4-20-18(22-12-14(24)15-9-10-17(19)27-15)21-11-13-7-5-6-8-16(13)28(25,26)23(2)3/h5-10,14,24H,4,11-12H2,1-3H3,(H2,20,21,22). The average molecular weight is 445 g/mol. The fourth-order valence-electron chi connectivity index (χ4n) is 2.39. The van der Waals surface area contributed by atoms with Crippen LogP contribution in [0.3, 0.4) is 0 Å². The molecular formula is C18H25ClN4O3S2. The summed E-state index contributed by atoms with van der Waals surface area (Å²) in [6.45, 7) is 2.99. The quantitative estimate of drug-likeness (QED) is 0.429. The highest BCUT2D eigenvalue weighted by Crippen LogP contribution is 2.26. The van der Waals surface area contributed by atoms with Crippen molar-refractivity contribution in [3.8, 4) is 0 Å². The molecule has 1 aromatic heterocycles. The molecule has 1 unspecified atom stereocenters. The fraction of sp³-hybridized carbons (Fsp3) is 0.389. The second kappa shape index (κ2) is 10.2. The zero-order valence-electron chi connectivity index (χ0n) is 16.0. The minimum atomic E-state index is -3.56. The lowest BCUT2D eigenvalue weighted by atomic mass is 10.2.